The van der Waals surface area contributed by atoms with Crippen molar-refractivity contribution in [1.29, 1.82) is 5.26 Å². The highest BCUT2D eigenvalue weighted by Gasteiger charge is 2.52. The lowest BCUT2D eigenvalue weighted by Gasteiger charge is -2.31. The van der Waals surface area contributed by atoms with E-state index in [1.54, 1.807) is 13.8 Å². The maximum absolute atomic E-state index is 13.2. The van der Waals surface area contributed by atoms with Gasteiger partial charge in [0.25, 0.3) is 0 Å². The minimum atomic E-state index is -1.71. The molecule has 0 radical (unpaired) electrons. The maximum Gasteiger partial charge on any atom is 0.328 e. The summed E-state index contributed by atoms with van der Waals surface area (Å²) >= 11 is 0. The molecule has 1 aromatic carbocycles. The van der Waals surface area contributed by atoms with Crippen LogP contribution in [0.25, 0.3) is 10.9 Å². The summed E-state index contributed by atoms with van der Waals surface area (Å²) in [5.41, 5.74) is 0.336. The number of ether oxygens (including phenoxy) is 2. The van der Waals surface area contributed by atoms with Crippen LogP contribution in [0.4, 0.5) is 0 Å². The first-order valence-electron chi connectivity index (χ1n) is 9.60. The largest absolute Gasteiger partial charge is 0.465 e. The van der Waals surface area contributed by atoms with E-state index in [-0.39, 0.29) is 25.2 Å². The summed E-state index contributed by atoms with van der Waals surface area (Å²) in [5, 5.41) is 10.4. The Labute approximate surface area is 165 Å². The third-order valence-electron chi connectivity index (χ3n) is 4.72. The van der Waals surface area contributed by atoms with Crippen molar-refractivity contribution >= 4 is 22.8 Å². The molecule has 0 aliphatic carbocycles. The van der Waals surface area contributed by atoms with E-state index < -0.39 is 17.4 Å². The molecule has 28 heavy (non-hydrogen) atoms. The quantitative estimate of drug-likeness (QED) is 0.507. The number of pyridine rings is 1. The molecule has 0 saturated carbocycles. The summed E-state index contributed by atoms with van der Waals surface area (Å²) in [5.74, 6) is -1.38. The van der Waals surface area contributed by atoms with Gasteiger partial charge in [0.1, 0.15) is 6.07 Å². The van der Waals surface area contributed by atoms with E-state index in [1.165, 1.54) is 6.20 Å². The standard InChI is InChI=1S/C22H26N2O4/c1-5-8-11-22(20(25)27-6-2,21(26)28-7-3)19-16(13-23)14-24-18-10-9-15(4)12-17(18)19/h9-10,12,14H,5-8,11H2,1-4H3. The Morgan fingerprint density at radius 2 is 1.79 bits per heavy atom. The number of nitriles is 1. The number of unbranched alkanes of at least 4 members (excludes halogenated alkanes) is 1. The molecule has 0 fully saturated rings. The summed E-state index contributed by atoms with van der Waals surface area (Å²) in [6.07, 6.45) is 2.97. The Hall–Kier alpha value is -2.94. The van der Waals surface area contributed by atoms with Crippen LogP contribution in [-0.4, -0.2) is 30.1 Å². The lowest BCUT2D eigenvalue weighted by Crippen LogP contribution is -2.47. The number of benzene rings is 1. The zero-order valence-corrected chi connectivity index (χ0v) is 16.9. The molecule has 0 unspecified atom stereocenters. The third-order valence-corrected chi connectivity index (χ3v) is 4.72. The van der Waals surface area contributed by atoms with Crippen molar-refractivity contribution in [2.75, 3.05) is 13.2 Å². The molecule has 0 aliphatic rings. The van der Waals surface area contributed by atoms with E-state index in [9.17, 15) is 14.9 Å². The second-order valence-corrected chi connectivity index (χ2v) is 6.63. The normalized spacial score (nSPS) is 11.1. The van der Waals surface area contributed by atoms with Gasteiger partial charge in [-0.3, -0.25) is 14.6 Å². The number of carbonyl (C=O) groups excluding carboxylic acids is 2. The highest BCUT2D eigenvalue weighted by molar-refractivity contribution is 6.10. The molecule has 0 amide bonds. The number of fused-ring (bicyclic) bond motifs is 1. The zero-order valence-electron chi connectivity index (χ0n) is 16.9. The molecule has 0 N–H and O–H groups in total. The van der Waals surface area contributed by atoms with Crippen LogP contribution in [0, 0.1) is 18.3 Å². The lowest BCUT2D eigenvalue weighted by atomic mass is 9.73. The van der Waals surface area contributed by atoms with Gasteiger partial charge >= 0.3 is 11.9 Å². The first-order valence-corrected chi connectivity index (χ1v) is 9.60. The van der Waals surface area contributed by atoms with Gasteiger partial charge in [-0.05, 0) is 39.3 Å². The molecule has 6 nitrogen and oxygen atoms in total. The number of hydrogen-bond acceptors (Lipinski definition) is 6. The summed E-state index contributed by atoms with van der Waals surface area (Å²) in [6, 6.07) is 7.66. The topological polar surface area (TPSA) is 89.3 Å². The van der Waals surface area contributed by atoms with E-state index in [4.69, 9.17) is 9.47 Å². The molecule has 148 valence electrons. The number of esters is 2. The van der Waals surface area contributed by atoms with Crippen molar-refractivity contribution in [3.8, 4) is 6.07 Å². The third kappa shape index (κ3) is 3.84. The van der Waals surface area contributed by atoms with Crippen LogP contribution < -0.4 is 0 Å². The van der Waals surface area contributed by atoms with Gasteiger partial charge in [-0.1, -0.05) is 31.4 Å². The molecular weight excluding hydrogens is 356 g/mol. The molecule has 0 spiro atoms. The van der Waals surface area contributed by atoms with Gasteiger partial charge in [0.2, 0.25) is 0 Å². The molecule has 1 aromatic heterocycles. The summed E-state index contributed by atoms with van der Waals surface area (Å²) < 4.78 is 10.7. The SMILES string of the molecule is CCCCC(C(=O)OCC)(C(=O)OCC)c1c(C#N)cnc2ccc(C)cc12. The molecule has 2 aromatic rings. The molecule has 0 saturated heterocycles. The van der Waals surface area contributed by atoms with Gasteiger partial charge in [0.05, 0.1) is 24.3 Å². The fourth-order valence-corrected chi connectivity index (χ4v) is 3.42. The van der Waals surface area contributed by atoms with Crippen LogP contribution in [0.5, 0.6) is 0 Å². The van der Waals surface area contributed by atoms with Crippen molar-refractivity contribution in [2.45, 2.75) is 52.4 Å². The molecule has 0 atom stereocenters. The summed E-state index contributed by atoms with van der Waals surface area (Å²) in [7, 11) is 0. The fraction of sp³-hybridized carbons (Fsp3) is 0.455. The van der Waals surface area contributed by atoms with Gasteiger partial charge in [-0.2, -0.15) is 5.26 Å². The van der Waals surface area contributed by atoms with E-state index >= 15 is 0 Å². The second kappa shape index (κ2) is 9.32. The van der Waals surface area contributed by atoms with E-state index in [0.717, 1.165) is 12.0 Å². The molecule has 0 aliphatic heterocycles. The van der Waals surface area contributed by atoms with Crippen LogP contribution >= 0.6 is 0 Å². The van der Waals surface area contributed by atoms with Gasteiger partial charge in [-0.25, -0.2) is 0 Å². The predicted molar refractivity (Wildman–Crippen MR) is 106 cm³/mol. The number of hydrogen-bond donors (Lipinski definition) is 0. The number of nitrogens with zero attached hydrogens (tertiary/aromatic N) is 2. The minimum absolute atomic E-state index is 0.121. The van der Waals surface area contributed by atoms with Crippen molar-refractivity contribution in [1.82, 2.24) is 4.98 Å². The van der Waals surface area contributed by atoms with Crippen LogP contribution in [0.15, 0.2) is 24.4 Å². The van der Waals surface area contributed by atoms with E-state index in [2.05, 4.69) is 11.1 Å². The maximum atomic E-state index is 13.2. The van der Waals surface area contributed by atoms with E-state index in [1.807, 2.05) is 32.0 Å². The molecule has 2 rings (SSSR count). The van der Waals surface area contributed by atoms with Crippen LogP contribution in [-0.2, 0) is 24.5 Å². The van der Waals surface area contributed by atoms with Gasteiger partial charge in [0, 0.05) is 17.1 Å². The van der Waals surface area contributed by atoms with Crippen LogP contribution in [0.3, 0.4) is 0 Å². The summed E-state index contributed by atoms with van der Waals surface area (Å²) in [4.78, 5) is 30.8. The Balaban J connectivity index is 2.96. The first kappa shape index (κ1) is 21.4. The highest BCUT2D eigenvalue weighted by atomic mass is 16.6. The smallest absolute Gasteiger partial charge is 0.328 e. The molecule has 1 heterocycles. The molecular formula is C22H26N2O4. The lowest BCUT2D eigenvalue weighted by molar-refractivity contribution is -0.165. The second-order valence-electron chi connectivity index (χ2n) is 6.63. The minimum Gasteiger partial charge on any atom is -0.465 e. The van der Waals surface area contributed by atoms with Crippen molar-refractivity contribution in [3.63, 3.8) is 0 Å². The Morgan fingerprint density at radius 3 is 2.32 bits per heavy atom. The van der Waals surface area contributed by atoms with Gasteiger partial charge < -0.3 is 9.47 Å². The number of carbonyl (C=O) groups is 2. The number of aromatic nitrogens is 1. The van der Waals surface area contributed by atoms with Crippen LogP contribution in [0.2, 0.25) is 0 Å². The molecule has 6 heteroatoms. The average Bonchev–Trinajstić information content (AvgIpc) is 2.68. The Bertz CT molecular complexity index is 897. The Morgan fingerprint density at radius 1 is 1.14 bits per heavy atom. The van der Waals surface area contributed by atoms with Crippen molar-refractivity contribution in [2.24, 2.45) is 0 Å². The number of rotatable bonds is 8. The number of aryl methyl sites for hydroxylation is 1. The first-order chi connectivity index (χ1) is 13.5. The van der Waals surface area contributed by atoms with Crippen LogP contribution in [0.1, 0.15) is 56.7 Å². The van der Waals surface area contributed by atoms with Crippen molar-refractivity contribution < 1.29 is 19.1 Å². The highest BCUT2D eigenvalue weighted by Crippen LogP contribution is 2.39. The monoisotopic (exact) mass is 382 g/mol. The summed E-state index contributed by atoms with van der Waals surface area (Å²) in [6.45, 7) is 7.50. The Kier molecular flexibility index (Phi) is 7.11. The van der Waals surface area contributed by atoms with E-state index in [0.29, 0.717) is 22.9 Å². The fourth-order valence-electron chi connectivity index (χ4n) is 3.42. The zero-order chi connectivity index (χ0) is 20.7. The van der Waals surface area contributed by atoms with Gasteiger partial charge in [-0.15, -0.1) is 0 Å². The predicted octanol–water partition coefficient (Wildman–Crippen LogP) is 3.97. The average molecular weight is 382 g/mol. The molecule has 0 bridgehead atoms. The van der Waals surface area contributed by atoms with Crippen molar-refractivity contribution in [3.05, 3.63) is 41.1 Å². The van der Waals surface area contributed by atoms with Gasteiger partial charge in [0.15, 0.2) is 5.41 Å².